The summed E-state index contributed by atoms with van der Waals surface area (Å²) >= 11 is 1.53. The van der Waals surface area contributed by atoms with Crippen LogP contribution in [0.5, 0.6) is 0 Å². The predicted molar refractivity (Wildman–Crippen MR) is 93.5 cm³/mol. The number of benzene rings is 1. The summed E-state index contributed by atoms with van der Waals surface area (Å²) in [7, 11) is 0. The minimum Gasteiger partial charge on any atom is -0.311 e. The Morgan fingerprint density at radius 2 is 1.96 bits per heavy atom. The van der Waals surface area contributed by atoms with Crippen molar-refractivity contribution in [3.8, 4) is 10.4 Å². The van der Waals surface area contributed by atoms with Crippen LogP contribution < -0.4 is 10.6 Å². The zero-order chi connectivity index (χ0) is 15.6. The second kappa shape index (κ2) is 6.42. The lowest BCUT2D eigenvalue weighted by atomic mass is 9.89. The molecule has 2 aromatic rings. The first-order valence-electron chi connectivity index (χ1n) is 8.33. The van der Waals surface area contributed by atoms with E-state index in [0.29, 0.717) is 29.6 Å². The molecular formula is C18H21N3OS. The lowest BCUT2D eigenvalue weighted by molar-refractivity contribution is -0.117. The van der Waals surface area contributed by atoms with Crippen molar-refractivity contribution >= 4 is 22.4 Å². The maximum Gasteiger partial charge on any atom is 0.226 e. The van der Waals surface area contributed by atoms with E-state index >= 15 is 0 Å². The SMILES string of the molecule is O=C(CC1CC2CCC(C1)N2)Nc1ncc(-c2ccccc2)s1. The maximum absolute atomic E-state index is 12.3. The lowest BCUT2D eigenvalue weighted by Crippen LogP contribution is -2.39. The summed E-state index contributed by atoms with van der Waals surface area (Å²) in [6.07, 6.45) is 7.27. The lowest BCUT2D eigenvalue weighted by Gasteiger charge is -2.28. The zero-order valence-electron chi connectivity index (χ0n) is 13.0. The highest BCUT2D eigenvalue weighted by Crippen LogP contribution is 2.33. The zero-order valence-corrected chi connectivity index (χ0v) is 13.8. The average molecular weight is 327 g/mol. The van der Waals surface area contributed by atoms with E-state index in [9.17, 15) is 4.79 Å². The molecule has 2 fully saturated rings. The maximum atomic E-state index is 12.3. The normalized spacial score (nSPS) is 26.2. The fourth-order valence-electron chi connectivity index (χ4n) is 3.84. The van der Waals surface area contributed by atoms with Crippen LogP contribution in [0.4, 0.5) is 5.13 Å². The van der Waals surface area contributed by atoms with Crippen molar-refractivity contribution in [3.05, 3.63) is 36.5 Å². The third-order valence-electron chi connectivity index (χ3n) is 4.86. The van der Waals surface area contributed by atoms with Crippen LogP contribution in [0.2, 0.25) is 0 Å². The molecule has 4 nitrogen and oxygen atoms in total. The van der Waals surface area contributed by atoms with Crippen LogP contribution in [0.3, 0.4) is 0 Å². The largest absolute Gasteiger partial charge is 0.311 e. The van der Waals surface area contributed by atoms with Crippen molar-refractivity contribution < 1.29 is 4.79 Å². The first kappa shape index (κ1) is 14.8. The number of carbonyl (C=O) groups is 1. The van der Waals surface area contributed by atoms with Crippen LogP contribution in [-0.4, -0.2) is 23.0 Å². The monoisotopic (exact) mass is 327 g/mol. The molecule has 1 aromatic heterocycles. The summed E-state index contributed by atoms with van der Waals surface area (Å²) < 4.78 is 0. The Bertz CT molecular complexity index is 673. The summed E-state index contributed by atoms with van der Waals surface area (Å²) in [5.74, 6) is 0.618. The molecule has 4 rings (SSSR count). The third-order valence-corrected chi connectivity index (χ3v) is 5.82. The Kier molecular flexibility index (Phi) is 4.14. The number of hydrogen-bond acceptors (Lipinski definition) is 4. The van der Waals surface area contributed by atoms with Crippen molar-refractivity contribution in [2.75, 3.05) is 5.32 Å². The molecule has 0 saturated carbocycles. The molecule has 2 unspecified atom stereocenters. The summed E-state index contributed by atoms with van der Waals surface area (Å²) in [5, 5.41) is 7.30. The highest BCUT2D eigenvalue weighted by molar-refractivity contribution is 7.19. The number of rotatable bonds is 4. The molecule has 0 aliphatic carbocycles. The average Bonchev–Trinajstić information content (AvgIpc) is 3.15. The molecule has 1 aromatic carbocycles. The number of nitrogens with one attached hydrogen (secondary N) is 2. The van der Waals surface area contributed by atoms with Crippen LogP contribution in [0.1, 0.15) is 32.1 Å². The molecule has 23 heavy (non-hydrogen) atoms. The third kappa shape index (κ3) is 3.46. The van der Waals surface area contributed by atoms with Crippen LogP contribution in [0, 0.1) is 5.92 Å². The molecule has 0 spiro atoms. The molecule has 2 atom stereocenters. The van der Waals surface area contributed by atoms with E-state index in [4.69, 9.17) is 0 Å². The van der Waals surface area contributed by atoms with Gasteiger partial charge in [-0.2, -0.15) is 0 Å². The minimum atomic E-state index is 0.102. The van der Waals surface area contributed by atoms with Crippen LogP contribution >= 0.6 is 11.3 Å². The highest BCUT2D eigenvalue weighted by Gasteiger charge is 2.34. The molecule has 1 amide bonds. The molecule has 2 aliphatic heterocycles. The van der Waals surface area contributed by atoms with Gasteiger partial charge in [-0.3, -0.25) is 4.79 Å². The van der Waals surface area contributed by atoms with Gasteiger partial charge in [-0.1, -0.05) is 41.7 Å². The van der Waals surface area contributed by atoms with E-state index in [1.54, 1.807) is 0 Å². The Morgan fingerprint density at radius 1 is 1.22 bits per heavy atom. The highest BCUT2D eigenvalue weighted by atomic mass is 32.1. The van der Waals surface area contributed by atoms with Gasteiger partial charge in [0.25, 0.3) is 0 Å². The van der Waals surface area contributed by atoms with Crippen LogP contribution in [0.25, 0.3) is 10.4 Å². The smallest absolute Gasteiger partial charge is 0.226 e. The van der Waals surface area contributed by atoms with Crippen LogP contribution in [0.15, 0.2) is 36.5 Å². The molecular weight excluding hydrogens is 306 g/mol. The van der Waals surface area contributed by atoms with Crippen molar-refractivity contribution in [1.29, 1.82) is 0 Å². The van der Waals surface area contributed by atoms with Gasteiger partial charge in [0.05, 0.1) is 4.88 Å². The molecule has 2 aliphatic rings. The first-order valence-corrected chi connectivity index (χ1v) is 9.15. The van der Waals surface area contributed by atoms with Gasteiger partial charge in [-0.15, -0.1) is 0 Å². The number of anilines is 1. The van der Waals surface area contributed by atoms with E-state index in [2.05, 4.69) is 27.8 Å². The van der Waals surface area contributed by atoms with Gasteiger partial charge in [-0.05, 0) is 37.2 Å². The minimum absolute atomic E-state index is 0.102. The Hall–Kier alpha value is -1.72. The predicted octanol–water partition coefficient (Wildman–Crippen LogP) is 3.67. The number of carbonyl (C=O) groups excluding carboxylic acids is 1. The summed E-state index contributed by atoms with van der Waals surface area (Å²) in [6, 6.07) is 11.4. The number of nitrogens with zero attached hydrogens (tertiary/aromatic N) is 1. The molecule has 3 heterocycles. The molecule has 120 valence electrons. The topological polar surface area (TPSA) is 54.0 Å². The second-order valence-electron chi connectivity index (χ2n) is 6.62. The fraction of sp³-hybridized carbons (Fsp3) is 0.444. The van der Waals surface area contributed by atoms with Crippen LogP contribution in [-0.2, 0) is 4.79 Å². The van der Waals surface area contributed by atoms with Crippen molar-refractivity contribution in [1.82, 2.24) is 10.3 Å². The van der Waals surface area contributed by atoms with Gasteiger partial charge in [0.1, 0.15) is 0 Å². The van der Waals surface area contributed by atoms with Gasteiger partial charge in [0, 0.05) is 24.7 Å². The van der Waals surface area contributed by atoms with Gasteiger partial charge in [0.15, 0.2) is 5.13 Å². The molecule has 2 bridgehead atoms. The quantitative estimate of drug-likeness (QED) is 0.901. The van der Waals surface area contributed by atoms with Gasteiger partial charge >= 0.3 is 0 Å². The van der Waals surface area contributed by atoms with Gasteiger partial charge in [-0.25, -0.2) is 4.98 Å². The van der Waals surface area contributed by atoms with E-state index in [-0.39, 0.29) is 5.91 Å². The van der Waals surface area contributed by atoms with E-state index < -0.39 is 0 Å². The molecule has 2 saturated heterocycles. The standard InChI is InChI=1S/C18H21N3OS/c22-17(10-12-8-14-6-7-15(9-12)20-14)21-18-19-11-16(23-18)13-4-2-1-3-5-13/h1-5,11-12,14-15,20H,6-10H2,(H,19,21,22). The fourth-order valence-corrected chi connectivity index (χ4v) is 4.68. The number of fused-ring (bicyclic) bond motifs is 2. The first-order chi connectivity index (χ1) is 11.3. The van der Waals surface area contributed by atoms with Crippen molar-refractivity contribution in [3.63, 3.8) is 0 Å². The number of piperidine rings is 1. The molecule has 2 N–H and O–H groups in total. The Morgan fingerprint density at radius 3 is 2.70 bits per heavy atom. The van der Waals surface area contributed by atoms with Crippen molar-refractivity contribution in [2.45, 2.75) is 44.2 Å². The van der Waals surface area contributed by atoms with Gasteiger partial charge < -0.3 is 10.6 Å². The van der Waals surface area contributed by atoms with E-state index in [1.165, 1.54) is 24.2 Å². The summed E-state index contributed by atoms with van der Waals surface area (Å²) in [4.78, 5) is 17.7. The molecule has 0 radical (unpaired) electrons. The Labute approximate surface area is 140 Å². The van der Waals surface area contributed by atoms with Gasteiger partial charge in [0.2, 0.25) is 5.91 Å². The number of amides is 1. The summed E-state index contributed by atoms with van der Waals surface area (Å²) in [5.41, 5.74) is 1.14. The van der Waals surface area contributed by atoms with Crippen molar-refractivity contribution in [2.24, 2.45) is 5.92 Å². The van der Waals surface area contributed by atoms with E-state index in [0.717, 1.165) is 23.3 Å². The number of thiazole rings is 1. The summed E-state index contributed by atoms with van der Waals surface area (Å²) in [6.45, 7) is 0. The van der Waals surface area contributed by atoms with E-state index in [1.807, 2.05) is 24.4 Å². The number of aromatic nitrogens is 1. The molecule has 5 heteroatoms. The second-order valence-corrected chi connectivity index (χ2v) is 7.65. The Balaban J connectivity index is 1.35. The number of hydrogen-bond donors (Lipinski definition) is 2.